The predicted octanol–water partition coefficient (Wildman–Crippen LogP) is 3.60. The fraction of sp³-hybridized carbons (Fsp3) is 0.409. The maximum Gasteiger partial charge on any atom is 0.191 e. The molecule has 8 nitrogen and oxygen atoms in total. The molecule has 0 aromatic heterocycles. The first kappa shape index (κ1) is 26.5. The van der Waals surface area contributed by atoms with Crippen molar-refractivity contribution in [3.63, 3.8) is 0 Å². The Labute approximate surface area is 201 Å². The van der Waals surface area contributed by atoms with Crippen molar-refractivity contribution in [2.75, 3.05) is 42.1 Å². The summed E-state index contributed by atoms with van der Waals surface area (Å²) in [6.45, 7) is 3.69. The number of hydrogen-bond donors (Lipinski definition) is 2. The number of methoxy groups -OCH3 is 5. The lowest BCUT2D eigenvalue weighted by atomic mass is 10.1. The van der Waals surface area contributed by atoms with Crippen LogP contribution in [0.1, 0.15) is 18.1 Å². The first-order valence-electron chi connectivity index (χ1n) is 9.62. The highest BCUT2D eigenvalue weighted by Gasteiger charge is 2.14. The van der Waals surface area contributed by atoms with Crippen LogP contribution >= 0.6 is 24.0 Å². The molecule has 2 N–H and O–H groups in total. The predicted molar refractivity (Wildman–Crippen MR) is 133 cm³/mol. The Bertz CT molecular complexity index is 836. The monoisotopic (exact) mass is 545 g/mol. The summed E-state index contributed by atoms with van der Waals surface area (Å²) in [5, 5.41) is 6.58. The Balaban J connectivity index is 0.00000480. The normalized spacial score (nSPS) is 10.6. The summed E-state index contributed by atoms with van der Waals surface area (Å²) in [4.78, 5) is 4.67. The van der Waals surface area contributed by atoms with E-state index in [-0.39, 0.29) is 24.0 Å². The third kappa shape index (κ3) is 7.27. The van der Waals surface area contributed by atoms with Crippen LogP contribution in [0.5, 0.6) is 28.7 Å². The second kappa shape index (κ2) is 13.7. The quantitative estimate of drug-likeness (QED) is 0.268. The smallest absolute Gasteiger partial charge is 0.191 e. The number of hydrogen-bond acceptors (Lipinski definition) is 6. The third-order valence-corrected chi connectivity index (χ3v) is 4.46. The van der Waals surface area contributed by atoms with Gasteiger partial charge in [0.25, 0.3) is 0 Å². The van der Waals surface area contributed by atoms with E-state index in [1.54, 1.807) is 35.5 Å². The van der Waals surface area contributed by atoms with Crippen molar-refractivity contribution >= 4 is 29.9 Å². The molecular formula is C22H32IN3O5. The number of aliphatic imine (C=N–C) groups is 1. The third-order valence-electron chi connectivity index (χ3n) is 4.46. The molecule has 2 rings (SSSR count). The molecule has 0 atom stereocenters. The molecule has 0 saturated heterocycles. The van der Waals surface area contributed by atoms with Crippen molar-refractivity contribution in [2.24, 2.45) is 4.99 Å². The average Bonchev–Trinajstić information content (AvgIpc) is 2.79. The van der Waals surface area contributed by atoms with E-state index in [0.29, 0.717) is 47.8 Å². The minimum absolute atomic E-state index is 0. The largest absolute Gasteiger partial charge is 0.496 e. The van der Waals surface area contributed by atoms with Crippen LogP contribution in [-0.4, -0.2) is 48.1 Å². The zero-order valence-electron chi connectivity index (χ0n) is 18.9. The lowest BCUT2D eigenvalue weighted by Crippen LogP contribution is -2.37. The summed E-state index contributed by atoms with van der Waals surface area (Å²) in [7, 11) is 8.08. The van der Waals surface area contributed by atoms with Gasteiger partial charge in [-0.05, 0) is 24.6 Å². The van der Waals surface area contributed by atoms with Crippen molar-refractivity contribution in [1.82, 2.24) is 10.6 Å². The molecule has 0 radical (unpaired) electrons. The van der Waals surface area contributed by atoms with Crippen molar-refractivity contribution < 1.29 is 23.7 Å². The molecule has 0 fully saturated rings. The molecule has 2 aromatic carbocycles. The zero-order valence-corrected chi connectivity index (χ0v) is 21.2. The minimum Gasteiger partial charge on any atom is -0.496 e. The van der Waals surface area contributed by atoms with Crippen molar-refractivity contribution in [3.8, 4) is 28.7 Å². The zero-order chi connectivity index (χ0) is 21.9. The van der Waals surface area contributed by atoms with E-state index in [0.717, 1.165) is 17.7 Å². The van der Waals surface area contributed by atoms with Gasteiger partial charge in [0.15, 0.2) is 17.5 Å². The van der Waals surface area contributed by atoms with Crippen LogP contribution in [0.3, 0.4) is 0 Å². The molecule has 0 aliphatic rings. The van der Waals surface area contributed by atoms with Crippen molar-refractivity contribution in [2.45, 2.75) is 20.0 Å². The molecule has 0 heterocycles. The first-order valence-corrected chi connectivity index (χ1v) is 9.62. The molecule has 0 aliphatic heterocycles. The number of nitrogens with zero attached hydrogens (tertiary/aromatic N) is 1. The van der Waals surface area contributed by atoms with Gasteiger partial charge in [-0.25, -0.2) is 4.99 Å². The summed E-state index contributed by atoms with van der Waals surface area (Å²) >= 11 is 0. The molecule has 2 aromatic rings. The molecule has 0 spiro atoms. The summed E-state index contributed by atoms with van der Waals surface area (Å²) in [5.41, 5.74) is 1.88. The molecule has 0 aliphatic carbocycles. The molecule has 31 heavy (non-hydrogen) atoms. The Kier molecular flexibility index (Phi) is 11.7. The second-order valence-electron chi connectivity index (χ2n) is 6.25. The molecule has 172 valence electrons. The SMILES string of the molecule is CCNC(=NCc1ccc(OC)c(OC)c1)NCc1c(OC)cc(OC)cc1OC.I. The topological polar surface area (TPSA) is 82.6 Å². The molecule has 9 heteroatoms. The van der Waals surface area contributed by atoms with Crippen LogP contribution in [0, 0.1) is 0 Å². The van der Waals surface area contributed by atoms with Gasteiger partial charge in [0.1, 0.15) is 17.2 Å². The molecule has 0 saturated carbocycles. The van der Waals surface area contributed by atoms with Gasteiger partial charge in [-0.15, -0.1) is 24.0 Å². The number of ether oxygens (including phenoxy) is 5. The van der Waals surface area contributed by atoms with E-state index in [1.807, 2.05) is 37.3 Å². The van der Waals surface area contributed by atoms with Crippen molar-refractivity contribution in [1.29, 1.82) is 0 Å². The lowest BCUT2D eigenvalue weighted by molar-refractivity contribution is 0.354. The molecule has 0 amide bonds. The Morgan fingerprint density at radius 1 is 0.774 bits per heavy atom. The highest BCUT2D eigenvalue weighted by atomic mass is 127. The Hall–Kier alpha value is -2.56. The van der Waals surface area contributed by atoms with E-state index in [4.69, 9.17) is 23.7 Å². The summed E-state index contributed by atoms with van der Waals surface area (Å²) in [6, 6.07) is 9.41. The minimum atomic E-state index is 0. The van der Waals surface area contributed by atoms with Crippen LogP contribution in [0.4, 0.5) is 0 Å². The summed E-state index contributed by atoms with van der Waals surface area (Å²) < 4.78 is 27.0. The fourth-order valence-corrected chi connectivity index (χ4v) is 2.92. The van der Waals surface area contributed by atoms with Crippen LogP contribution in [0.25, 0.3) is 0 Å². The van der Waals surface area contributed by atoms with Gasteiger partial charge in [-0.1, -0.05) is 6.07 Å². The standard InChI is InChI=1S/C22H31N3O5.HI/c1-7-23-22(24-13-15-8-9-18(27-3)21(10-15)30-6)25-14-17-19(28-4)11-16(26-2)12-20(17)29-5;/h8-12H,7,13-14H2,1-6H3,(H2,23,24,25);1H. The lowest BCUT2D eigenvalue weighted by Gasteiger charge is -2.17. The molecular weight excluding hydrogens is 513 g/mol. The van der Waals surface area contributed by atoms with E-state index in [2.05, 4.69) is 15.6 Å². The summed E-state index contributed by atoms with van der Waals surface area (Å²) in [5.74, 6) is 4.06. The van der Waals surface area contributed by atoms with Gasteiger partial charge in [-0.3, -0.25) is 0 Å². The van der Waals surface area contributed by atoms with Gasteiger partial charge in [0, 0.05) is 18.7 Å². The van der Waals surface area contributed by atoms with Crippen LogP contribution in [-0.2, 0) is 13.1 Å². The van der Waals surface area contributed by atoms with Crippen LogP contribution in [0.15, 0.2) is 35.3 Å². The number of nitrogens with one attached hydrogen (secondary N) is 2. The highest BCUT2D eigenvalue weighted by Crippen LogP contribution is 2.34. The average molecular weight is 545 g/mol. The van der Waals surface area contributed by atoms with E-state index >= 15 is 0 Å². The Morgan fingerprint density at radius 2 is 1.39 bits per heavy atom. The number of guanidine groups is 1. The maximum atomic E-state index is 5.51. The molecule has 0 unspecified atom stereocenters. The van der Waals surface area contributed by atoms with Crippen molar-refractivity contribution in [3.05, 3.63) is 41.5 Å². The second-order valence-corrected chi connectivity index (χ2v) is 6.25. The fourth-order valence-electron chi connectivity index (χ4n) is 2.92. The van der Waals surface area contributed by atoms with Gasteiger partial charge in [0.2, 0.25) is 0 Å². The summed E-state index contributed by atoms with van der Waals surface area (Å²) in [6.07, 6.45) is 0. The highest BCUT2D eigenvalue weighted by molar-refractivity contribution is 14.0. The van der Waals surface area contributed by atoms with Gasteiger partial charge in [-0.2, -0.15) is 0 Å². The maximum absolute atomic E-state index is 5.51. The van der Waals surface area contributed by atoms with E-state index < -0.39 is 0 Å². The number of halogens is 1. The van der Waals surface area contributed by atoms with Crippen LogP contribution in [0.2, 0.25) is 0 Å². The number of rotatable bonds is 10. The van der Waals surface area contributed by atoms with Gasteiger partial charge >= 0.3 is 0 Å². The van der Waals surface area contributed by atoms with E-state index in [9.17, 15) is 0 Å². The van der Waals surface area contributed by atoms with Gasteiger partial charge in [0.05, 0.1) is 54.2 Å². The first-order chi connectivity index (χ1) is 14.6. The number of benzene rings is 2. The van der Waals surface area contributed by atoms with Crippen LogP contribution < -0.4 is 34.3 Å². The molecule has 0 bridgehead atoms. The van der Waals surface area contributed by atoms with Gasteiger partial charge < -0.3 is 34.3 Å². The van der Waals surface area contributed by atoms with E-state index in [1.165, 1.54) is 0 Å². The Morgan fingerprint density at radius 3 is 1.90 bits per heavy atom.